The van der Waals surface area contributed by atoms with Gasteiger partial charge in [0.1, 0.15) is 0 Å². The van der Waals surface area contributed by atoms with Crippen LogP contribution in [-0.2, 0) is 0 Å². The molecule has 5 rings (SSSR count). The first kappa shape index (κ1) is 19.8. The quantitative estimate of drug-likeness (QED) is 0.619. The van der Waals surface area contributed by atoms with Gasteiger partial charge < -0.3 is 10.0 Å². The van der Waals surface area contributed by atoms with Crippen molar-refractivity contribution in [3.63, 3.8) is 0 Å². The molecule has 0 radical (unpaired) electrons. The molecule has 2 aromatic carbocycles. The van der Waals surface area contributed by atoms with Gasteiger partial charge in [0.15, 0.2) is 0 Å². The van der Waals surface area contributed by atoms with E-state index in [2.05, 4.69) is 31.9 Å². The number of hydrogen-bond donors (Lipinski definition) is 2. The number of aromatic amines is 1. The number of nitrogens with zero attached hydrogens (tertiary/aromatic N) is 3. The smallest absolute Gasteiger partial charge is 0.258 e. The number of aromatic nitrogens is 1. The number of nitrogens with one attached hydrogen (secondary N) is 1. The highest BCUT2D eigenvalue weighted by Gasteiger charge is 2.23. The van der Waals surface area contributed by atoms with Crippen molar-refractivity contribution in [3.8, 4) is 5.88 Å². The van der Waals surface area contributed by atoms with Gasteiger partial charge in [-0.2, -0.15) is 0 Å². The van der Waals surface area contributed by atoms with Gasteiger partial charge in [0, 0.05) is 55.4 Å². The van der Waals surface area contributed by atoms with Crippen LogP contribution in [0.2, 0.25) is 0 Å². The van der Waals surface area contributed by atoms with Crippen molar-refractivity contribution in [1.29, 1.82) is 0 Å². The van der Waals surface area contributed by atoms with Crippen LogP contribution in [0.4, 0.5) is 11.4 Å². The molecule has 1 aromatic heterocycles. The molecule has 1 aliphatic carbocycles. The Kier molecular flexibility index (Phi) is 5.47. The van der Waals surface area contributed by atoms with E-state index < -0.39 is 0 Å². The molecule has 0 amide bonds. The summed E-state index contributed by atoms with van der Waals surface area (Å²) in [6.45, 7) is 5.66. The van der Waals surface area contributed by atoms with Gasteiger partial charge >= 0.3 is 0 Å². The molecule has 1 saturated heterocycles. The summed E-state index contributed by atoms with van der Waals surface area (Å²) >= 11 is 0. The second-order valence-electron chi connectivity index (χ2n) is 8.62. The van der Waals surface area contributed by atoms with Gasteiger partial charge in [-0.3, -0.25) is 19.7 Å². The Morgan fingerprint density at radius 2 is 1.71 bits per heavy atom. The van der Waals surface area contributed by atoms with Crippen molar-refractivity contribution >= 4 is 28.4 Å². The first-order valence-electron chi connectivity index (χ1n) is 11.1. The molecule has 0 spiro atoms. The Bertz CT molecular complexity index is 1140. The van der Waals surface area contributed by atoms with Crippen LogP contribution in [0.15, 0.2) is 58.3 Å². The van der Waals surface area contributed by atoms with E-state index in [9.17, 15) is 9.90 Å². The number of rotatable bonds is 5. The number of H-pyrrole nitrogens is 1. The molecule has 2 aliphatic rings. The van der Waals surface area contributed by atoms with E-state index in [-0.39, 0.29) is 11.4 Å². The number of pyridine rings is 1. The first-order chi connectivity index (χ1) is 15.2. The van der Waals surface area contributed by atoms with Crippen LogP contribution >= 0.6 is 0 Å². The van der Waals surface area contributed by atoms with Crippen LogP contribution in [0.1, 0.15) is 24.8 Å². The molecule has 0 atom stereocenters. The van der Waals surface area contributed by atoms with Crippen LogP contribution in [0.3, 0.4) is 0 Å². The average Bonchev–Trinajstić information content (AvgIpc) is 2.77. The fraction of sp³-hybridized carbons (Fsp3) is 0.360. The minimum Gasteiger partial charge on any atom is -0.494 e. The van der Waals surface area contributed by atoms with E-state index in [0.717, 1.165) is 37.8 Å². The van der Waals surface area contributed by atoms with Crippen molar-refractivity contribution in [1.82, 2.24) is 9.88 Å². The van der Waals surface area contributed by atoms with Crippen LogP contribution in [0.5, 0.6) is 5.88 Å². The predicted octanol–water partition coefficient (Wildman–Crippen LogP) is 3.91. The zero-order valence-corrected chi connectivity index (χ0v) is 17.6. The third-order valence-electron chi connectivity index (χ3n) is 6.62. The molecule has 1 aliphatic heterocycles. The minimum absolute atomic E-state index is 0.163. The molecule has 6 heteroatoms. The van der Waals surface area contributed by atoms with Gasteiger partial charge in [-0.1, -0.05) is 24.6 Å². The van der Waals surface area contributed by atoms with Crippen LogP contribution in [0, 0.1) is 5.92 Å². The lowest BCUT2D eigenvalue weighted by Crippen LogP contribution is -2.48. The molecule has 0 bridgehead atoms. The van der Waals surface area contributed by atoms with E-state index in [0.29, 0.717) is 16.3 Å². The highest BCUT2D eigenvalue weighted by atomic mass is 16.3. The second-order valence-corrected chi connectivity index (χ2v) is 8.62. The van der Waals surface area contributed by atoms with E-state index in [1.807, 2.05) is 24.3 Å². The number of anilines is 1. The standard InChI is InChI=1S/C25H28N4O2/c30-24-22-7-2-1-6-21(22)23(25(31)27-24)16-26-19-8-10-20(11-9-19)29-14-12-28(13-15-29)17-18-4-3-5-18/h1-2,6-11,16,18H,3-5,12-15,17H2,(H2,27,30,31). The molecular formula is C25H28N4O2. The largest absolute Gasteiger partial charge is 0.494 e. The van der Waals surface area contributed by atoms with Gasteiger partial charge in [0.2, 0.25) is 5.88 Å². The lowest BCUT2D eigenvalue weighted by molar-refractivity contribution is 0.170. The Morgan fingerprint density at radius 3 is 2.39 bits per heavy atom. The van der Waals surface area contributed by atoms with E-state index >= 15 is 0 Å². The monoisotopic (exact) mass is 416 g/mol. The zero-order valence-electron chi connectivity index (χ0n) is 17.6. The van der Waals surface area contributed by atoms with Gasteiger partial charge in [-0.05, 0) is 49.1 Å². The third-order valence-corrected chi connectivity index (χ3v) is 6.62. The summed E-state index contributed by atoms with van der Waals surface area (Å²) in [7, 11) is 0. The summed E-state index contributed by atoms with van der Waals surface area (Å²) in [5, 5.41) is 11.4. The number of hydrogen-bond acceptors (Lipinski definition) is 5. The Balaban J connectivity index is 1.26. The van der Waals surface area contributed by atoms with E-state index in [1.165, 1.54) is 31.5 Å². The number of piperazine rings is 1. The number of benzene rings is 2. The van der Waals surface area contributed by atoms with Crippen LogP contribution < -0.4 is 10.5 Å². The van der Waals surface area contributed by atoms with E-state index in [1.54, 1.807) is 18.3 Å². The van der Waals surface area contributed by atoms with Crippen molar-refractivity contribution in [2.45, 2.75) is 19.3 Å². The lowest BCUT2D eigenvalue weighted by Gasteiger charge is -2.39. The highest BCUT2D eigenvalue weighted by molar-refractivity contribution is 6.01. The van der Waals surface area contributed by atoms with Gasteiger partial charge in [-0.15, -0.1) is 0 Å². The van der Waals surface area contributed by atoms with Crippen LogP contribution in [0.25, 0.3) is 10.8 Å². The molecule has 1 saturated carbocycles. The normalized spacial score (nSPS) is 18.0. The summed E-state index contributed by atoms with van der Waals surface area (Å²) in [5.41, 5.74) is 2.24. The van der Waals surface area contributed by atoms with Gasteiger partial charge in [0.25, 0.3) is 5.56 Å². The Hall–Kier alpha value is -3.12. The molecule has 2 fully saturated rings. The SMILES string of the molecule is O=c1[nH]c(O)c(C=Nc2ccc(N3CCN(CC4CCC4)CC3)cc2)c2ccccc12. The Morgan fingerprint density at radius 1 is 1.00 bits per heavy atom. The number of fused-ring (bicyclic) bond motifs is 1. The van der Waals surface area contributed by atoms with Crippen molar-refractivity contribution < 1.29 is 5.11 Å². The fourth-order valence-electron chi connectivity index (χ4n) is 4.53. The summed E-state index contributed by atoms with van der Waals surface area (Å²) < 4.78 is 0. The van der Waals surface area contributed by atoms with Gasteiger partial charge in [0.05, 0.1) is 11.3 Å². The molecule has 160 valence electrons. The summed E-state index contributed by atoms with van der Waals surface area (Å²) in [5.74, 6) is 0.770. The maximum atomic E-state index is 12.0. The molecule has 6 nitrogen and oxygen atoms in total. The van der Waals surface area contributed by atoms with Crippen molar-refractivity contribution in [3.05, 3.63) is 64.4 Å². The molecule has 2 heterocycles. The zero-order chi connectivity index (χ0) is 21.2. The van der Waals surface area contributed by atoms with Crippen LogP contribution in [-0.4, -0.2) is 53.9 Å². The maximum absolute atomic E-state index is 12.0. The number of aromatic hydroxyl groups is 1. The summed E-state index contributed by atoms with van der Waals surface area (Å²) in [4.78, 5) is 24.1. The first-order valence-corrected chi connectivity index (χ1v) is 11.1. The fourth-order valence-corrected chi connectivity index (χ4v) is 4.53. The average molecular weight is 417 g/mol. The molecule has 2 N–H and O–H groups in total. The van der Waals surface area contributed by atoms with Gasteiger partial charge in [-0.25, -0.2) is 0 Å². The molecule has 3 aromatic rings. The third kappa shape index (κ3) is 4.21. The topological polar surface area (TPSA) is 71.9 Å². The number of aliphatic imine (C=N–C) groups is 1. The summed E-state index contributed by atoms with van der Waals surface area (Å²) in [6, 6.07) is 15.4. The predicted molar refractivity (Wildman–Crippen MR) is 126 cm³/mol. The van der Waals surface area contributed by atoms with E-state index in [4.69, 9.17) is 0 Å². The lowest BCUT2D eigenvalue weighted by atomic mass is 9.85. The Labute approximate surface area is 181 Å². The second kappa shape index (κ2) is 8.55. The molecule has 31 heavy (non-hydrogen) atoms. The summed E-state index contributed by atoms with van der Waals surface area (Å²) in [6.07, 6.45) is 5.85. The molecular weight excluding hydrogens is 388 g/mol. The minimum atomic E-state index is -0.303. The highest BCUT2D eigenvalue weighted by Crippen LogP contribution is 2.28. The van der Waals surface area contributed by atoms with Crippen molar-refractivity contribution in [2.24, 2.45) is 10.9 Å². The van der Waals surface area contributed by atoms with Crippen molar-refractivity contribution in [2.75, 3.05) is 37.6 Å². The maximum Gasteiger partial charge on any atom is 0.258 e. The molecule has 0 unspecified atom stereocenters.